The summed E-state index contributed by atoms with van der Waals surface area (Å²) in [7, 11) is 0. The molecule has 2 fully saturated rings. The van der Waals surface area contributed by atoms with E-state index >= 15 is 0 Å². The van der Waals surface area contributed by atoms with Crippen LogP contribution in [0.3, 0.4) is 0 Å². The second-order valence-corrected chi connectivity index (χ2v) is 6.89. The third-order valence-corrected chi connectivity index (χ3v) is 5.38. The Morgan fingerprint density at radius 1 is 0.846 bits per heavy atom. The average molecular weight is 347 g/mol. The maximum absolute atomic E-state index is 4.39. The lowest BCUT2D eigenvalue weighted by Gasteiger charge is -2.48. The van der Waals surface area contributed by atoms with Gasteiger partial charge in [0.1, 0.15) is 0 Å². The van der Waals surface area contributed by atoms with Gasteiger partial charge in [-0.2, -0.15) is 5.10 Å². The number of benzene rings is 1. The van der Waals surface area contributed by atoms with Crippen LogP contribution in [0.25, 0.3) is 10.8 Å². The molecule has 0 bridgehead atoms. The average Bonchev–Trinajstić information content (AvgIpc) is 2.68. The van der Waals surface area contributed by atoms with Crippen LogP contribution >= 0.6 is 0 Å². The van der Waals surface area contributed by atoms with E-state index in [4.69, 9.17) is 0 Å². The number of piperazine rings is 1. The summed E-state index contributed by atoms with van der Waals surface area (Å²) >= 11 is 0. The molecule has 1 aromatic carbocycles. The molecule has 2 aliphatic rings. The second kappa shape index (κ2) is 6.49. The molecule has 0 spiro atoms. The van der Waals surface area contributed by atoms with Crippen LogP contribution in [-0.2, 0) is 0 Å². The van der Waals surface area contributed by atoms with Crippen LogP contribution in [0.15, 0.2) is 48.9 Å². The lowest BCUT2D eigenvalue weighted by atomic mass is 10.0. The quantitative estimate of drug-likeness (QED) is 0.710. The molecule has 0 atom stereocenters. The SMILES string of the molecule is c1cnc(N2CCN(C3CN(c4nncc5ccccc45)C3)CC2)nc1. The molecule has 2 aromatic heterocycles. The molecule has 7 nitrogen and oxygen atoms in total. The van der Waals surface area contributed by atoms with Crippen LogP contribution in [0.2, 0.25) is 0 Å². The topological polar surface area (TPSA) is 61.3 Å². The predicted molar refractivity (Wildman–Crippen MR) is 101 cm³/mol. The molecule has 0 saturated carbocycles. The van der Waals surface area contributed by atoms with E-state index in [1.165, 1.54) is 5.39 Å². The number of anilines is 2. The van der Waals surface area contributed by atoms with Gasteiger partial charge in [0.25, 0.3) is 0 Å². The molecule has 132 valence electrons. The fourth-order valence-electron chi connectivity index (χ4n) is 3.85. The largest absolute Gasteiger partial charge is 0.351 e. The van der Waals surface area contributed by atoms with Crippen molar-refractivity contribution in [3.05, 3.63) is 48.9 Å². The molecule has 2 aliphatic heterocycles. The Balaban J connectivity index is 1.21. The smallest absolute Gasteiger partial charge is 0.225 e. The maximum atomic E-state index is 4.39. The molecule has 0 unspecified atom stereocenters. The predicted octanol–water partition coefficient (Wildman–Crippen LogP) is 1.43. The molecule has 0 N–H and O–H groups in total. The molecule has 26 heavy (non-hydrogen) atoms. The standard InChI is InChI=1S/C19H21N7/c1-2-5-17-15(4-1)12-22-23-18(17)26-13-16(14-26)24-8-10-25(11-9-24)19-20-6-3-7-21-19/h1-7,12,16H,8-11,13-14H2. The number of aromatic nitrogens is 4. The molecule has 5 rings (SSSR count). The number of nitrogens with zero attached hydrogens (tertiary/aromatic N) is 7. The Labute approximate surface area is 152 Å². The van der Waals surface area contributed by atoms with Gasteiger partial charge in [0.15, 0.2) is 5.82 Å². The Hall–Kier alpha value is -2.80. The molecule has 0 radical (unpaired) electrons. The highest BCUT2D eigenvalue weighted by Crippen LogP contribution is 2.28. The van der Waals surface area contributed by atoms with Gasteiger partial charge in [-0.1, -0.05) is 24.3 Å². The summed E-state index contributed by atoms with van der Waals surface area (Å²) in [6.45, 7) is 6.11. The van der Waals surface area contributed by atoms with Crippen LogP contribution in [0.5, 0.6) is 0 Å². The minimum absolute atomic E-state index is 0.592. The van der Waals surface area contributed by atoms with Crippen LogP contribution in [-0.4, -0.2) is 70.4 Å². The third-order valence-electron chi connectivity index (χ3n) is 5.38. The lowest BCUT2D eigenvalue weighted by molar-refractivity contribution is 0.156. The summed E-state index contributed by atoms with van der Waals surface area (Å²) < 4.78 is 0. The molecule has 2 saturated heterocycles. The molecule has 4 heterocycles. The summed E-state index contributed by atoms with van der Waals surface area (Å²) in [4.78, 5) is 15.9. The number of fused-ring (bicyclic) bond motifs is 1. The Morgan fingerprint density at radius 2 is 1.62 bits per heavy atom. The van der Waals surface area contributed by atoms with E-state index in [9.17, 15) is 0 Å². The fourth-order valence-corrected chi connectivity index (χ4v) is 3.85. The van der Waals surface area contributed by atoms with Gasteiger partial charge in [0.05, 0.1) is 6.20 Å². The molecular weight excluding hydrogens is 326 g/mol. The number of rotatable bonds is 3. The molecule has 7 heteroatoms. The summed E-state index contributed by atoms with van der Waals surface area (Å²) in [5.41, 5.74) is 0. The van der Waals surface area contributed by atoms with Gasteiger partial charge in [-0.3, -0.25) is 4.90 Å². The first-order valence-corrected chi connectivity index (χ1v) is 9.10. The molecule has 0 amide bonds. The minimum atomic E-state index is 0.592. The Kier molecular flexibility index (Phi) is 3.86. The Bertz CT molecular complexity index is 881. The van der Waals surface area contributed by atoms with Crippen LogP contribution in [0.1, 0.15) is 0 Å². The summed E-state index contributed by atoms with van der Waals surface area (Å²) in [5, 5.41) is 10.9. The molecule has 3 aromatic rings. The van der Waals surface area contributed by atoms with E-state index in [1.807, 2.05) is 30.7 Å². The minimum Gasteiger partial charge on any atom is -0.351 e. The van der Waals surface area contributed by atoms with Crippen molar-refractivity contribution >= 4 is 22.5 Å². The zero-order chi connectivity index (χ0) is 17.3. The first-order valence-electron chi connectivity index (χ1n) is 9.10. The van der Waals surface area contributed by atoms with Gasteiger partial charge in [0.2, 0.25) is 5.95 Å². The Morgan fingerprint density at radius 3 is 2.42 bits per heavy atom. The van der Waals surface area contributed by atoms with Gasteiger partial charge >= 0.3 is 0 Å². The van der Waals surface area contributed by atoms with Crippen molar-refractivity contribution in [3.8, 4) is 0 Å². The third kappa shape index (κ3) is 2.74. The first-order chi connectivity index (χ1) is 12.9. The zero-order valence-corrected chi connectivity index (χ0v) is 14.6. The molecule has 0 aliphatic carbocycles. The highest BCUT2D eigenvalue weighted by atomic mass is 15.4. The lowest BCUT2D eigenvalue weighted by Crippen LogP contribution is -2.63. The maximum Gasteiger partial charge on any atom is 0.225 e. The van der Waals surface area contributed by atoms with E-state index < -0.39 is 0 Å². The highest BCUT2D eigenvalue weighted by Gasteiger charge is 2.35. The van der Waals surface area contributed by atoms with Crippen LogP contribution in [0, 0.1) is 0 Å². The molecular formula is C19H21N7. The van der Waals surface area contributed by atoms with Gasteiger partial charge in [-0.05, 0) is 6.07 Å². The van der Waals surface area contributed by atoms with Gasteiger partial charge < -0.3 is 9.80 Å². The van der Waals surface area contributed by atoms with E-state index in [1.54, 1.807) is 0 Å². The normalized spacial score (nSPS) is 18.9. The van der Waals surface area contributed by atoms with Crippen molar-refractivity contribution in [1.29, 1.82) is 0 Å². The van der Waals surface area contributed by atoms with Crippen molar-refractivity contribution in [3.63, 3.8) is 0 Å². The van der Waals surface area contributed by atoms with Crippen LogP contribution in [0.4, 0.5) is 11.8 Å². The monoisotopic (exact) mass is 347 g/mol. The van der Waals surface area contributed by atoms with Gasteiger partial charge in [0, 0.05) is 68.5 Å². The van der Waals surface area contributed by atoms with Gasteiger partial charge in [-0.25, -0.2) is 9.97 Å². The van der Waals surface area contributed by atoms with Gasteiger partial charge in [-0.15, -0.1) is 5.10 Å². The zero-order valence-electron chi connectivity index (χ0n) is 14.6. The van der Waals surface area contributed by atoms with E-state index in [0.29, 0.717) is 6.04 Å². The highest BCUT2D eigenvalue weighted by molar-refractivity contribution is 5.91. The summed E-state index contributed by atoms with van der Waals surface area (Å²) in [6, 6.07) is 10.8. The first kappa shape index (κ1) is 15.5. The van der Waals surface area contributed by atoms with E-state index in [0.717, 1.165) is 56.4 Å². The van der Waals surface area contributed by atoms with Crippen LogP contribution < -0.4 is 9.80 Å². The fraction of sp³-hybridized carbons (Fsp3) is 0.368. The van der Waals surface area contributed by atoms with Crippen molar-refractivity contribution in [2.24, 2.45) is 0 Å². The summed E-state index contributed by atoms with van der Waals surface area (Å²) in [6.07, 6.45) is 5.45. The van der Waals surface area contributed by atoms with Crippen molar-refractivity contribution in [2.75, 3.05) is 49.1 Å². The number of hydrogen-bond acceptors (Lipinski definition) is 7. The van der Waals surface area contributed by atoms with Crippen molar-refractivity contribution in [1.82, 2.24) is 25.1 Å². The van der Waals surface area contributed by atoms with Crippen molar-refractivity contribution < 1.29 is 0 Å². The number of hydrogen-bond donors (Lipinski definition) is 0. The van der Waals surface area contributed by atoms with E-state index in [-0.39, 0.29) is 0 Å². The summed E-state index contributed by atoms with van der Waals surface area (Å²) in [5.74, 6) is 1.85. The van der Waals surface area contributed by atoms with E-state index in [2.05, 4.69) is 53.1 Å². The van der Waals surface area contributed by atoms with Crippen molar-refractivity contribution in [2.45, 2.75) is 6.04 Å². The second-order valence-electron chi connectivity index (χ2n) is 6.89.